The van der Waals surface area contributed by atoms with Crippen molar-refractivity contribution in [2.45, 2.75) is 44.9 Å². The maximum absolute atomic E-state index is 11.5. The second-order valence-corrected chi connectivity index (χ2v) is 4.10. The molecule has 1 saturated heterocycles. The molecule has 0 aromatic heterocycles. The summed E-state index contributed by atoms with van der Waals surface area (Å²) in [6.45, 7) is 0. The number of carbonyl (C=O) groups excluding carboxylic acids is 2. The molecule has 1 aliphatic heterocycles. The van der Waals surface area contributed by atoms with Gasteiger partial charge in [-0.1, -0.05) is 19.3 Å². The quantitative estimate of drug-likeness (QED) is 0.424. The molecule has 1 heterocycles. The lowest BCUT2D eigenvalue weighted by Crippen LogP contribution is -2.40. The van der Waals surface area contributed by atoms with Gasteiger partial charge in [-0.05, 0) is 19.3 Å². The second kappa shape index (κ2) is 3.13. The van der Waals surface area contributed by atoms with Crippen LogP contribution >= 0.6 is 0 Å². The van der Waals surface area contributed by atoms with Crippen molar-refractivity contribution >= 4 is 11.9 Å². The van der Waals surface area contributed by atoms with Crippen molar-refractivity contribution in [2.75, 3.05) is 0 Å². The van der Waals surface area contributed by atoms with E-state index in [9.17, 15) is 9.59 Å². The summed E-state index contributed by atoms with van der Waals surface area (Å²) < 4.78 is 4.70. The van der Waals surface area contributed by atoms with E-state index in [1.165, 1.54) is 6.42 Å². The average Bonchev–Trinajstić information content (AvgIpc) is 2.14. The third-order valence-electron chi connectivity index (χ3n) is 3.26. The SMILES string of the molecule is O=C1CCC2(CCCCC2)C(=O)O1. The Morgan fingerprint density at radius 2 is 1.69 bits per heavy atom. The molecule has 0 aromatic carbocycles. The van der Waals surface area contributed by atoms with Gasteiger partial charge in [-0.25, -0.2) is 0 Å². The summed E-state index contributed by atoms with van der Waals surface area (Å²) in [4.78, 5) is 22.4. The molecular formula is C10H14O3. The number of esters is 2. The Bertz CT molecular complexity index is 239. The van der Waals surface area contributed by atoms with E-state index >= 15 is 0 Å². The van der Waals surface area contributed by atoms with Crippen LogP contribution in [-0.2, 0) is 14.3 Å². The van der Waals surface area contributed by atoms with Gasteiger partial charge in [0.05, 0.1) is 5.41 Å². The monoisotopic (exact) mass is 182 g/mol. The summed E-state index contributed by atoms with van der Waals surface area (Å²) in [7, 11) is 0. The fourth-order valence-corrected chi connectivity index (χ4v) is 2.39. The number of carbonyl (C=O) groups is 2. The smallest absolute Gasteiger partial charge is 0.319 e. The van der Waals surface area contributed by atoms with Crippen molar-refractivity contribution in [3.8, 4) is 0 Å². The zero-order chi connectivity index (χ0) is 9.31. The third kappa shape index (κ3) is 1.47. The molecule has 3 heteroatoms. The van der Waals surface area contributed by atoms with Gasteiger partial charge in [0.2, 0.25) is 0 Å². The second-order valence-electron chi connectivity index (χ2n) is 4.10. The van der Waals surface area contributed by atoms with Crippen LogP contribution in [0.1, 0.15) is 44.9 Å². The zero-order valence-electron chi connectivity index (χ0n) is 7.67. The Kier molecular flexibility index (Phi) is 2.10. The van der Waals surface area contributed by atoms with Gasteiger partial charge < -0.3 is 4.74 Å². The predicted octanol–water partition coefficient (Wildman–Crippen LogP) is 1.80. The molecule has 1 aliphatic carbocycles. The number of cyclic esters (lactones) is 2. The molecule has 0 N–H and O–H groups in total. The highest BCUT2D eigenvalue weighted by Crippen LogP contribution is 2.43. The van der Waals surface area contributed by atoms with E-state index in [0.29, 0.717) is 12.8 Å². The maximum atomic E-state index is 11.5. The first kappa shape index (κ1) is 8.73. The topological polar surface area (TPSA) is 43.4 Å². The first-order valence-electron chi connectivity index (χ1n) is 4.98. The van der Waals surface area contributed by atoms with Gasteiger partial charge in [-0.2, -0.15) is 0 Å². The van der Waals surface area contributed by atoms with E-state index in [4.69, 9.17) is 4.74 Å². The van der Waals surface area contributed by atoms with Gasteiger partial charge in [0.25, 0.3) is 0 Å². The minimum absolute atomic E-state index is 0.261. The molecular weight excluding hydrogens is 168 g/mol. The highest BCUT2D eigenvalue weighted by atomic mass is 16.6. The Balaban J connectivity index is 2.12. The van der Waals surface area contributed by atoms with E-state index in [1.807, 2.05) is 0 Å². The van der Waals surface area contributed by atoms with Crippen molar-refractivity contribution in [1.82, 2.24) is 0 Å². The largest absolute Gasteiger partial charge is 0.393 e. The Labute approximate surface area is 77.4 Å². The minimum Gasteiger partial charge on any atom is -0.393 e. The summed E-state index contributed by atoms with van der Waals surface area (Å²) in [6, 6.07) is 0. The molecule has 0 radical (unpaired) electrons. The molecule has 2 fully saturated rings. The Hall–Kier alpha value is -0.860. The predicted molar refractivity (Wildman–Crippen MR) is 45.9 cm³/mol. The number of hydrogen-bond donors (Lipinski definition) is 0. The van der Waals surface area contributed by atoms with Gasteiger partial charge in [-0.3, -0.25) is 9.59 Å². The van der Waals surface area contributed by atoms with Gasteiger partial charge in [0, 0.05) is 6.42 Å². The first-order chi connectivity index (χ1) is 6.23. The van der Waals surface area contributed by atoms with Crippen molar-refractivity contribution < 1.29 is 14.3 Å². The van der Waals surface area contributed by atoms with Gasteiger partial charge in [0.1, 0.15) is 0 Å². The third-order valence-corrected chi connectivity index (χ3v) is 3.26. The zero-order valence-corrected chi connectivity index (χ0v) is 7.67. The van der Waals surface area contributed by atoms with Crippen LogP contribution in [0, 0.1) is 5.41 Å². The van der Waals surface area contributed by atoms with Gasteiger partial charge in [-0.15, -0.1) is 0 Å². The molecule has 0 atom stereocenters. The van der Waals surface area contributed by atoms with Crippen LogP contribution in [0.4, 0.5) is 0 Å². The molecule has 13 heavy (non-hydrogen) atoms. The van der Waals surface area contributed by atoms with E-state index in [-0.39, 0.29) is 17.4 Å². The molecule has 1 spiro atoms. The summed E-state index contributed by atoms with van der Waals surface area (Å²) in [5.41, 5.74) is -0.286. The van der Waals surface area contributed by atoms with Crippen LogP contribution in [-0.4, -0.2) is 11.9 Å². The van der Waals surface area contributed by atoms with Crippen LogP contribution < -0.4 is 0 Å². The molecule has 0 unspecified atom stereocenters. The maximum Gasteiger partial charge on any atom is 0.319 e. The first-order valence-corrected chi connectivity index (χ1v) is 4.98. The summed E-state index contributed by atoms with van der Waals surface area (Å²) in [5.74, 6) is -0.607. The lowest BCUT2D eigenvalue weighted by molar-refractivity contribution is -0.175. The van der Waals surface area contributed by atoms with Crippen LogP contribution in [0.2, 0.25) is 0 Å². The van der Waals surface area contributed by atoms with Crippen LogP contribution in [0.25, 0.3) is 0 Å². The van der Waals surface area contributed by atoms with E-state index < -0.39 is 0 Å². The van der Waals surface area contributed by atoms with E-state index in [1.54, 1.807) is 0 Å². The van der Waals surface area contributed by atoms with Gasteiger partial charge >= 0.3 is 11.9 Å². The summed E-state index contributed by atoms with van der Waals surface area (Å²) >= 11 is 0. The normalized spacial score (nSPS) is 27.4. The molecule has 72 valence electrons. The van der Waals surface area contributed by atoms with Crippen LogP contribution in [0.5, 0.6) is 0 Å². The fraction of sp³-hybridized carbons (Fsp3) is 0.800. The van der Waals surface area contributed by atoms with Crippen molar-refractivity contribution in [1.29, 1.82) is 0 Å². The molecule has 2 rings (SSSR count). The summed E-state index contributed by atoms with van der Waals surface area (Å²) in [6.07, 6.45) is 6.38. The van der Waals surface area contributed by atoms with E-state index in [0.717, 1.165) is 25.7 Å². The van der Waals surface area contributed by atoms with Crippen molar-refractivity contribution in [3.63, 3.8) is 0 Å². The Morgan fingerprint density at radius 1 is 1.00 bits per heavy atom. The fourth-order valence-electron chi connectivity index (χ4n) is 2.39. The Morgan fingerprint density at radius 3 is 2.31 bits per heavy atom. The van der Waals surface area contributed by atoms with Crippen molar-refractivity contribution in [2.24, 2.45) is 5.41 Å². The molecule has 0 bridgehead atoms. The number of rotatable bonds is 0. The molecule has 0 aromatic rings. The standard InChI is InChI=1S/C10H14O3/c11-8-4-7-10(9(12)13-8)5-2-1-3-6-10/h1-7H2. The lowest BCUT2D eigenvalue weighted by atomic mass is 9.70. The van der Waals surface area contributed by atoms with Gasteiger partial charge in [0.15, 0.2) is 0 Å². The minimum atomic E-state index is -0.346. The van der Waals surface area contributed by atoms with E-state index in [2.05, 4.69) is 0 Å². The van der Waals surface area contributed by atoms with Crippen LogP contribution in [0.3, 0.4) is 0 Å². The summed E-state index contributed by atoms with van der Waals surface area (Å²) in [5, 5.41) is 0. The average molecular weight is 182 g/mol. The number of hydrogen-bond acceptors (Lipinski definition) is 3. The van der Waals surface area contributed by atoms with Crippen molar-refractivity contribution in [3.05, 3.63) is 0 Å². The lowest BCUT2D eigenvalue weighted by Gasteiger charge is -2.36. The number of ether oxygens (including phenoxy) is 1. The molecule has 2 aliphatic rings. The molecule has 0 amide bonds. The highest BCUT2D eigenvalue weighted by Gasteiger charge is 2.44. The highest BCUT2D eigenvalue weighted by molar-refractivity contribution is 5.91. The van der Waals surface area contributed by atoms with Crippen LogP contribution in [0.15, 0.2) is 0 Å². The molecule has 3 nitrogen and oxygen atoms in total. The molecule has 1 saturated carbocycles.